The minimum absolute atomic E-state index is 0.0794. The number of aryl methyl sites for hydroxylation is 2. The molecule has 1 fully saturated rings. The number of carboxylic acids is 1. The molecular weight excluding hydrogens is 352 g/mol. The van der Waals surface area contributed by atoms with Gasteiger partial charge in [0.05, 0.1) is 17.2 Å². The highest BCUT2D eigenvalue weighted by molar-refractivity contribution is 7.98. The lowest BCUT2D eigenvalue weighted by molar-refractivity contribution is -0.141. The first kappa shape index (κ1) is 18.5. The van der Waals surface area contributed by atoms with E-state index < -0.39 is 5.97 Å². The first-order valence-electron chi connectivity index (χ1n) is 8.63. The van der Waals surface area contributed by atoms with Gasteiger partial charge < -0.3 is 14.9 Å². The minimum atomic E-state index is -0.780. The van der Waals surface area contributed by atoms with Crippen molar-refractivity contribution < 1.29 is 19.2 Å². The Morgan fingerprint density at radius 2 is 2.08 bits per heavy atom. The van der Waals surface area contributed by atoms with Crippen molar-refractivity contribution in [1.29, 1.82) is 0 Å². The van der Waals surface area contributed by atoms with Crippen LogP contribution in [0.25, 0.3) is 0 Å². The number of benzene rings is 1. The number of hydrogen-bond donors (Lipinski definition) is 2. The Morgan fingerprint density at radius 1 is 1.31 bits per heavy atom. The second-order valence-corrected chi connectivity index (χ2v) is 7.62. The summed E-state index contributed by atoms with van der Waals surface area (Å²) in [5.41, 5.74) is 2.52. The molecule has 1 aliphatic rings. The lowest BCUT2D eigenvalue weighted by Gasteiger charge is -2.14. The second-order valence-electron chi connectivity index (χ2n) is 6.61. The number of rotatable bonds is 6. The third-order valence-electron chi connectivity index (χ3n) is 4.80. The highest BCUT2D eigenvalue weighted by Crippen LogP contribution is 2.30. The van der Waals surface area contributed by atoms with Crippen LogP contribution in [0.5, 0.6) is 0 Å². The molecule has 0 unspecified atom stereocenters. The molecule has 3 rings (SSSR count). The highest BCUT2D eigenvalue weighted by Gasteiger charge is 2.31. The zero-order valence-electron chi connectivity index (χ0n) is 14.8. The zero-order chi connectivity index (χ0) is 18.7. The van der Waals surface area contributed by atoms with E-state index in [4.69, 9.17) is 9.63 Å². The van der Waals surface area contributed by atoms with Crippen molar-refractivity contribution in [2.45, 2.75) is 49.8 Å². The van der Waals surface area contributed by atoms with E-state index in [0.29, 0.717) is 30.6 Å². The third kappa shape index (κ3) is 4.09. The monoisotopic (exact) mass is 374 g/mol. The van der Waals surface area contributed by atoms with Gasteiger partial charge in [-0.05, 0) is 45.2 Å². The summed E-state index contributed by atoms with van der Waals surface area (Å²) < 4.78 is 5.19. The van der Waals surface area contributed by atoms with Gasteiger partial charge in [0.1, 0.15) is 5.76 Å². The van der Waals surface area contributed by atoms with E-state index in [9.17, 15) is 9.59 Å². The van der Waals surface area contributed by atoms with E-state index >= 15 is 0 Å². The Bertz CT molecular complexity index is 798. The number of aromatic nitrogens is 1. The summed E-state index contributed by atoms with van der Waals surface area (Å²) in [6.45, 7) is 3.79. The molecule has 0 radical (unpaired) electrons. The smallest absolute Gasteiger partial charge is 0.306 e. The fourth-order valence-electron chi connectivity index (χ4n) is 3.24. The fourth-order valence-corrected chi connectivity index (χ4v) is 4.44. The molecule has 1 amide bonds. The number of carbonyl (C=O) groups excluding carboxylic acids is 1. The maximum atomic E-state index is 12.7. The van der Waals surface area contributed by atoms with Gasteiger partial charge in [0.2, 0.25) is 0 Å². The number of thioether (sulfide) groups is 1. The molecule has 138 valence electrons. The van der Waals surface area contributed by atoms with E-state index in [1.807, 2.05) is 32.0 Å². The van der Waals surface area contributed by atoms with Gasteiger partial charge in [-0.25, -0.2) is 0 Å². The van der Waals surface area contributed by atoms with E-state index in [1.54, 1.807) is 17.8 Å². The fraction of sp³-hybridized carbons (Fsp3) is 0.421. The van der Waals surface area contributed by atoms with E-state index in [-0.39, 0.29) is 17.9 Å². The van der Waals surface area contributed by atoms with Crippen LogP contribution >= 0.6 is 11.8 Å². The van der Waals surface area contributed by atoms with E-state index in [0.717, 1.165) is 21.9 Å². The van der Waals surface area contributed by atoms with Crippen molar-refractivity contribution in [3.63, 3.8) is 0 Å². The molecule has 1 aromatic carbocycles. The van der Waals surface area contributed by atoms with Gasteiger partial charge in [-0.15, -0.1) is 11.8 Å². The van der Waals surface area contributed by atoms with Crippen LogP contribution in [0.3, 0.4) is 0 Å². The first-order chi connectivity index (χ1) is 12.5. The average molecular weight is 374 g/mol. The van der Waals surface area contributed by atoms with Gasteiger partial charge in [-0.3, -0.25) is 9.59 Å². The number of nitrogens with zero attached hydrogens (tertiary/aromatic N) is 1. The Balaban J connectivity index is 1.67. The second kappa shape index (κ2) is 7.95. The van der Waals surface area contributed by atoms with Crippen LogP contribution in [0, 0.1) is 19.8 Å². The number of amides is 1. The molecule has 2 atom stereocenters. The van der Waals surface area contributed by atoms with Crippen LogP contribution in [0.1, 0.15) is 46.6 Å². The number of carboxylic acid groups (broad SMARTS) is 1. The van der Waals surface area contributed by atoms with Crippen LogP contribution in [0.15, 0.2) is 33.7 Å². The van der Waals surface area contributed by atoms with Crippen molar-refractivity contribution in [1.82, 2.24) is 10.5 Å². The van der Waals surface area contributed by atoms with Crippen molar-refractivity contribution in [3.05, 3.63) is 46.8 Å². The van der Waals surface area contributed by atoms with Gasteiger partial charge >= 0.3 is 5.97 Å². The summed E-state index contributed by atoms with van der Waals surface area (Å²) in [4.78, 5) is 24.7. The Labute approximate surface area is 156 Å². The number of nitrogens with one attached hydrogen (secondary N) is 1. The SMILES string of the molecule is Cc1noc(C)c1CSc1ccccc1C(=O)N[C@@H]1CC[C@H](C(=O)O)C1. The van der Waals surface area contributed by atoms with Crippen molar-refractivity contribution in [3.8, 4) is 0 Å². The molecule has 0 bridgehead atoms. The Morgan fingerprint density at radius 3 is 2.73 bits per heavy atom. The molecule has 6 nitrogen and oxygen atoms in total. The largest absolute Gasteiger partial charge is 0.481 e. The standard InChI is InChI=1S/C19H22N2O4S/c1-11-16(12(2)25-21-11)10-26-17-6-4-3-5-15(17)18(22)20-14-8-7-13(9-14)19(23)24/h3-6,13-14H,7-10H2,1-2H3,(H,20,22)(H,23,24)/t13-,14+/m0/s1. The maximum Gasteiger partial charge on any atom is 0.306 e. The summed E-state index contributed by atoms with van der Waals surface area (Å²) in [6, 6.07) is 7.39. The average Bonchev–Trinajstić information content (AvgIpc) is 3.21. The molecule has 0 spiro atoms. The van der Waals surface area contributed by atoms with Crippen LogP contribution in [0.2, 0.25) is 0 Å². The van der Waals surface area contributed by atoms with Gasteiger partial charge in [0.25, 0.3) is 5.91 Å². The van der Waals surface area contributed by atoms with Crippen LogP contribution < -0.4 is 5.32 Å². The van der Waals surface area contributed by atoms with Gasteiger partial charge in [-0.1, -0.05) is 17.3 Å². The van der Waals surface area contributed by atoms with E-state index in [1.165, 1.54) is 0 Å². The zero-order valence-corrected chi connectivity index (χ0v) is 15.6. The quantitative estimate of drug-likeness (QED) is 0.751. The molecular formula is C19H22N2O4S. The predicted octanol–water partition coefficient (Wildman–Crippen LogP) is 3.57. The normalized spacial score (nSPS) is 19.5. The molecule has 1 saturated carbocycles. The molecule has 1 aromatic heterocycles. The number of hydrogen-bond acceptors (Lipinski definition) is 5. The Hall–Kier alpha value is -2.28. The lowest BCUT2D eigenvalue weighted by atomic mass is 10.1. The van der Waals surface area contributed by atoms with E-state index in [2.05, 4.69) is 10.5 Å². The third-order valence-corrected chi connectivity index (χ3v) is 5.90. The summed E-state index contributed by atoms with van der Waals surface area (Å²) in [6.07, 6.45) is 1.81. The number of aliphatic carboxylic acids is 1. The summed E-state index contributed by atoms with van der Waals surface area (Å²) in [7, 11) is 0. The van der Waals surface area contributed by atoms with Crippen molar-refractivity contribution in [2.24, 2.45) is 5.92 Å². The molecule has 2 N–H and O–H groups in total. The molecule has 1 heterocycles. The molecule has 26 heavy (non-hydrogen) atoms. The van der Waals surface area contributed by atoms with Crippen LogP contribution in [-0.4, -0.2) is 28.2 Å². The van der Waals surface area contributed by atoms with Gasteiger partial charge in [0, 0.05) is 22.3 Å². The Kier molecular flexibility index (Phi) is 5.66. The van der Waals surface area contributed by atoms with Crippen molar-refractivity contribution in [2.75, 3.05) is 0 Å². The molecule has 1 aliphatic carbocycles. The summed E-state index contributed by atoms with van der Waals surface area (Å²) in [5, 5.41) is 16.1. The first-order valence-corrected chi connectivity index (χ1v) is 9.61. The number of carbonyl (C=O) groups is 2. The summed E-state index contributed by atoms with van der Waals surface area (Å²) >= 11 is 1.57. The van der Waals surface area contributed by atoms with Crippen LogP contribution in [-0.2, 0) is 10.5 Å². The maximum absolute atomic E-state index is 12.7. The lowest BCUT2D eigenvalue weighted by Crippen LogP contribution is -2.33. The topological polar surface area (TPSA) is 92.4 Å². The predicted molar refractivity (Wildman–Crippen MR) is 98.2 cm³/mol. The van der Waals surface area contributed by atoms with Crippen molar-refractivity contribution >= 4 is 23.6 Å². The molecule has 0 saturated heterocycles. The highest BCUT2D eigenvalue weighted by atomic mass is 32.2. The van der Waals surface area contributed by atoms with Gasteiger partial charge in [0.15, 0.2) is 0 Å². The minimum Gasteiger partial charge on any atom is -0.481 e. The molecule has 0 aliphatic heterocycles. The van der Waals surface area contributed by atoms with Gasteiger partial charge in [-0.2, -0.15) is 0 Å². The molecule has 7 heteroatoms. The molecule has 2 aromatic rings. The summed E-state index contributed by atoms with van der Waals surface area (Å²) in [5.74, 6) is 0.183. The van der Waals surface area contributed by atoms with Crippen LogP contribution in [0.4, 0.5) is 0 Å².